The summed E-state index contributed by atoms with van der Waals surface area (Å²) in [5, 5.41) is 8.22. The van der Waals surface area contributed by atoms with Crippen molar-refractivity contribution in [2.45, 2.75) is 11.8 Å². The van der Waals surface area contributed by atoms with Gasteiger partial charge in [-0.3, -0.25) is 0 Å². The molecule has 13 aromatic carbocycles. The number of furan rings is 2. The zero-order chi connectivity index (χ0) is 56.5. The number of rotatable bonds is 8. The van der Waals surface area contributed by atoms with E-state index in [0.29, 0.717) is 0 Å². The van der Waals surface area contributed by atoms with Crippen molar-refractivity contribution in [1.29, 1.82) is 0 Å². The van der Waals surface area contributed by atoms with Crippen LogP contribution in [0.2, 0.25) is 0 Å². The minimum Gasteiger partial charge on any atom is -0.454 e. The number of hydrogen-bond donors (Lipinski definition) is 0. The average molecular weight is 1100 g/mol. The first-order valence-electron chi connectivity index (χ1n) is 29.7. The lowest BCUT2D eigenvalue weighted by Crippen LogP contribution is -2.26. The minimum atomic E-state index is -0.640. The molecule has 0 atom stereocenters. The Hall–Kier alpha value is -11.2. The molecule has 3 aliphatic rings. The normalized spacial score (nSPS) is 13.3. The van der Waals surface area contributed by atoms with Crippen LogP contribution in [0.3, 0.4) is 0 Å². The maximum absolute atomic E-state index is 6.77. The van der Waals surface area contributed by atoms with Crippen molar-refractivity contribution in [2.24, 2.45) is 0 Å². The van der Waals surface area contributed by atoms with E-state index in [1.165, 1.54) is 77.2 Å². The fraction of sp³-hybridized carbons (Fsp3) is 0.0244. The van der Waals surface area contributed by atoms with Crippen LogP contribution >= 0.6 is 0 Å². The Labute approximate surface area is 497 Å². The molecule has 0 bridgehead atoms. The van der Waals surface area contributed by atoms with Crippen molar-refractivity contribution in [3.05, 3.63) is 325 Å². The fourth-order valence-electron chi connectivity index (χ4n) is 14.9. The van der Waals surface area contributed by atoms with Crippen LogP contribution in [0, 0.1) is 0 Å². The SMILES string of the molecule is C1=Cc2oc3c(N(c4ccccc4)c4ccc(-c5cc6c(c7ccccc57)-c5c(cc(-c7ccc(N(c8ccccc8)c8cccc9c8oc8ccccc89)cc7)c7ccccc57)C65c6ccccc6-c6ccccc65)cc4)cccc3c2C=CC1. The van der Waals surface area contributed by atoms with E-state index in [-0.39, 0.29) is 0 Å². The monoisotopic (exact) mass is 1100 g/mol. The zero-order valence-electron chi connectivity index (χ0n) is 46.8. The predicted molar refractivity (Wildman–Crippen MR) is 358 cm³/mol. The van der Waals surface area contributed by atoms with E-state index in [2.05, 4.69) is 307 Å². The van der Waals surface area contributed by atoms with E-state index in [1.54, 1.807) is 0 Å². The largest absolute Gasteiger partial charge is 0.454 e. The van der Waals surface area contributed by atoms with Crippen LogP contribution in [0.25, 0.3) is 111 Å². The Kier molecular flexibility index (Phi) is 10.6. The summed E-state index contributed by atoms with van der Waals surface area (Å²) in [5.74, 6) is 0.888. The van der Waals surface area contributed by atoms with Gasteiger partial charge < -0.3 is 18.6 Å². The molecule has 86 heavy (non-hydrogen) atoms. The highest BCUT2D eigenvalue weighted by Crippen LogP contribution is 2.66. The highest BCUT2D eigenvalue weighted by molar-refractivity contribution is 6.19. The molecule has 0 N–H and O–H groups in total. The molecule has 2 heterocycles. The van der Waals surface area contributed by atoms with E-state index >= 15 is 0 Å². The lowest BCUT2D eigenvalue weighted by atomic mass is 9.69. The predicted octanol–water partition coefficient (Wildman–Crippen LogP) is 22.7. The van der Waals surface area contributed by atoms with Crippen molar-refractivity contribution >= 4 is 101 Å². The van der Waals surface area contributed by atoms with E-state index in [1.807, 2.05) is 6.07 Å². The van der Waals surface area contributed by atoms with Crippen LogP contribution in [-0.4, -0.2) is 0 Å². The molecular weight excluding hydrogens is 1040 g/mol. The maximum Gasteiger partial charge on any atom is 0.159 e. The third-order valence-electron chi connectivity index (χ3n) is 18.5. The van der Waals surface area contributed by atoms with Gasteiger partial charge in [-0.2, -0.15) is 0 Å². The number of allylic oxidation sites excluding steroid dienone is 2. The summed E-state index contributed by atoms with van der Waals surface area (Å²) >= 11 is 0. The Morgan fingerprint density at radius 1 is 0.302 bits per heavy atom. The number of fused-ring (bicyclic) bond motifs is 20. The highest BCUT2D eigenvalue weighted by Gasteiger charge is 2.53. The number of hydrogen-bond acceptors (Lipinski definition) is 4. The lowest BCUT2D eigenvalue weighted by Gasteiger charge is -2.31. The van der Waals surface area contributed by atoms with E-state index < -0.39 is 5.41 Å². The summed E-state index contributed by atoms with van der Waals surface area (Å²) < 4.78 is 13.5. The van der Waals surface area contributed by atoms with Crippen molar-refractivity contribution in [2.75, 3.05) is 9.80 Å². The highest BCUT2D eigenvalue weighted by atomic mass is 16.3. The average Bonchev–Trinajstić information content (AvgIpc) is 1.51. The molecule has 0 radical (unpaired) electrons. The quantitative estimate of drug-likeness (QED) is 0.152. The Bertz CT molecular complexity index is 5270. The molecule has 1 spiro atoms. The van der Waals surface area contributed by atoms with Gasteiger partial charge in [0.05, 0.1) is 16.8 Å². The Balaban J connectivity index is 0.829. The molecular formula is C82H52N2O2. The van der Waals surface area contributed by atoms with Gasteiger partial charge >= 0.3 is 0 Å². The lowest BCUT2D eigenvalue weighted by molar-refractivity contribution is 0.603. The van der Waals surface area contributed by atoms with Gasteiger partial charge in [0, 0.05) is 44.5 Å². The van der Waals surface area contributed by atoms with Crippen LogP contribution in [0.4, 0.5) is 34.1 Å². The molecule has 3 aliphatic carbocycles. The summed E-state index contributed by atoms with van der Waals surface area (Å²) in [4.78, 5) is 4.66. The summed E-state index contributed by atoms with van der Waals surface area (Å²) in [6, 6.07) is 103. The smallest absolute Gasteiger partial charge is 0.159 e. The van der Waals surface area contributed by atoms with Crippen molar-refractivity contribution < 1.29 is 8.83 Å². The first-order chi connectivity index (χ1) is 42.7. The summed E-state index contributed by atoms with van der Waals surface area (Å²) in [6.45, 7) is 0. The second-order valence-corrected chi connectivity index (χ2v) is 22.9. The number of nitrogens with zero attached hydrogens (tertiary/aromatic N) is 2. The van der Waals surface area contributed by atoms with Crippen molar-refractivity contribution in [3.8, 4) is 44.5 Å². The molecule has 2 aromatic heterocycles. The van der Waals surface area contributed by atoms with E-state index in [0.717, 1.165) is 95.9 Å². The van der Waals surface area contributed by atoms with Gasteiger partial charge in [0.1, 0.15) is 11.3 Å². The zero-order valence-corrected chi connectivity index (χ0v) is 46.8. The van der Waals surface area contributed by atoms with Gasteiger partial charge in [-0.1, -0.05) is 218 Å². The van der Waals surface area contributed by atoms with E-state index in [9.17, 15) is 0 Å². The van der Waals surface area contributed by atoms with Crippen LogP contribution in [0.5, 0.6) is 0 Å². The summed E-state index contributed by atoms with van der Waals surface area (Å²) in [5.41, 5.74) is 24.3. The minimum absolute atomic E-state index is 0.640. The molecule has 0 saturated heterocycles. The molecule has 0 amide bonds. The standard InChI is InChI=1S/C82H52N2O2/c1-4-22-54(23-5-1)83(74-38-20-34-66-62-30-8-3-9-40-76(62)85-80(66)74)56-46-42-52(43-47-56)68-50-72-78(64-32-12-10-26-58(64)68)79-65-33-13-11-27-59(65)69(51-73(79)82(72)70-36-17-14-28-60(70)61-29-15-18-37-71(61)82)53-44-48-57(49-45-53)84(55-24-6-2-7-25-55)75-39-21-35-67-63-31-16-19-41-77(63)86-81(67)75/h1-2,4-51H,3H2. The Morgan fingerprint density at radius 2 is 0.733 bits per heavy atom. The van der Waals surface area contributed by atoms with Crippen molar-refractivity contribution in [1.82, 2.24) is 0 Å². The molecule has 0 aliphatic heterocycles. The van der Waals surface area contributed by atoms with Gasteiger partial charge in [-0.15, -0.1) is 0 Å². The third kappa shape index (κ3) is 6.98. The first-order valence-corrected chi connectivity index (χ1v) is 29.7. The molecule has 0 saturated carbocycles. The molecule has 15 aromatic rings. The molecule has 402 valence electrons. The van der Waals surface area contributed by atoms with Crippen LogP contribution in [-0.2, 0) is 5.41 Å². The summed E-state index contributed by atoms with van der Waals surface area (Å²) in [7, 11) is 0. The van der Waals surface area contributed by atoms with Gasteiger partial charge in [0.25, 0.3) is 0 Å². The third-order valence-corrected chi connectivity index (χ3v) is 18.5. The molecule has 18 rings (SSSR count). The summed E-state index contributed by atoms with van der Waals surface area (Å²) in [6.07, 6.45) is 9.56. The molecule has 0 fully saturated rings. The maximum atomic E-state index is 6.77. The second-order valence-electron chi connectivity index (χ2n) is 22.9. The first kappa shape index (κ1) is 48.3. The second kappa shape index (κ2) is 18.9. The van der Waals surface area contributed by atoms with Crippen molar-refractivity contribution in [3.63, 3.8) is 0 Å². The van der Waals surface area contributed by atoms with Crippen LogP contribution in [0.15, 0.2) is 300 Å². The van der Waals surface area contributed by atoms with Crippen LogP contribution < -0.4 is 9.80 Å². The van der Waals surface area contributed by atoms with Crippen LogP contribution in [0.1, 0.15) is 40.0 Å². The Morgan fingerprint density at radius 3 is 1.29 bits per heavy atom. The van der Waals surface area contributed by atoms with Gasteiger partial charge in [0.15, 0.2) is 11.2 Å². The number of benzene rings is 13. The molecule has 0 unspecified atom stereocenters. The van der Waals surface area contributed by atoms with E-state index in [4.69, 9.17) is 8.83 Å². The van der Waals surface area contributed by atoms with Gasteiger partial charge in [0.2, 0.25) is 0 Å². The number of para-hydroxylation sites is 5. The molecule has 4 heteroatoms. The number of anilines is 6. The molecule has 4 nitrogen and oxygen atoms in total. The van der Waals surface area contributed by atoms with Gasteiger partial charge in [-0.05, 0) is 180 Å². The van der Waals surface area contributed by atoms with Gasteiger partial charge in [-0.25, -0.2) is 0 Å². The fourth-order valence-corrected chi connectivity index (χ4v) is 14.9. The topological polar surface area (TPSA) is 32.8 Å².